The normalized spacial score (nSPS) is 9.96. The molecule has 2 amide bonds. The Bertz CT molecular complexity index is 800. The minimum absolute atomic E-state index is 0.00280. The van der Waals surface area contributed by atoms with E-state index in [1.165, 1.54) is 0 Å². The van der Waals surface area contributed by atoms with Crippen LogP contribution in [0.1, 0.15) is 20.7 Å². The maximum Gasteiger partial charge on any atom is 0.269 e. The minimum atomic E-state index is -0.396. The van der Waals surface area contributed by atoms with E-state index in [0.717, 1.165) is 7.14 Å². The van der Waals surface area contributed by atoms with Crippen molar-refractivity contribution >= 4 is 85.9 Å². The molecular formula is C15H10ClI2N3O2S. The molecule has 0 spiro atoms. The van der Waals surface area contributed by atoms with Gasteiger partial charge in [0, 0.05) is 17.7 Å². The number of hydrazine groups is 1. The van der Waals surface area contributed by atoms with Gasteiger partial charge in [-0.2, -0.15) is 0 Å². The lowest BCUT2D eigenvalue weighted by Crippen LogP contribution is -2.48. The SMILES string of the molecule is O=C(NNC(=S)NC(=O)c1cc(I)ccc1I)c1ccc(Cl)cc1. The molecule has 0 heterocycles. The monoisotopic (exact) mass is 585 g/mol. The predicted molar refractivity (Wildman–Crippen MR) is 114 cm³/mol. The van der Waals surface area contributed by atoms with Gasteiger partial charge in [-0.05, 0) is 99.9 Å². The fraction of sp³-hybridized carbons (Fsp3) is 0. The second-order valence-electron chi connectivity index (χ2n) is 4.49. The van der Waals surface area contributed by atoms with Crippen LogP contribution in [0.15, 0.2) is 42.5 Å². The van der Waals surface area contributed by atoms with Gasteiger partial charge in [-0.3, -0.25) is 25.8 Å². The lowest BCUT2D eigenvalue weighted by molar-refractivity contribution is 0.0934. The Morgan fingerprint density at radius 1 is 0.958 bits per heavy atom. The Hall–Kier alpha value is -0.980. The van der Waals surface area contributed by atoms with Gasteiger partial charge < -0.3 is 0 Å². The summed E-state index contributed by atoms with van der Waals surface area (Å²) in [5.74, 6) is -0.747. The van der Waals surface area contributed by atoms with Crippen LogP contribution in [-0.4, -0.2) is 16.9 Å². The molecule has 0 bridgehead atoms. The minimum Gasteiger partial charge on any atom is -0.298 e. The van der Waals surface area contributed by atoms with Crippen LogP contribution in [0.25, 0.3) is 0 Å². The number of hydrogen-bond acceptors (Lipinski definition) is 3. The largest absolute Gasteiger partial charge is 0.298 e. The van der Waals surface area contributed by atoms with Gasteiger partial charge in [0.15, 0.2) is 5.11 Å². The van der Waals surface area contributed by atoms with Gasteiger partial charge in [0.1, 0.15) is 0 Å². The Morgan fingerprint density at radius 3 is 2.29 bits per heavy atom. The van der Waals surface area contributed by atoms with Crippen molar-refractivity contribution in [1.29, 1.82) is 0 Å². The third-order valence-corrected chi connectivity index (χ3v) is 4.86. The lowest BCUT2D eigenvalue weighted by Gasteiger charge is -2.11. The van der Waals surface area contributed by atoms with Crippen LogP contribution >= 0.6 is 69.0 Å². The molecule has 0 aromatic heterocycles. The van der Waals surface area contributed by atoms with Crippen LogP contribution in [0.4, 0.5) is 0 Å². The first-order valence-corrected chi connectivity index (χ1v) is 9.43. The van der Waals surface area contributed by atoms with Gasteiger partial charge in [-0.15, -0.1) is 0 Å². The van der Waals surface area contributed by atoms with Gasteiger partial charge in [0.2, 0.25) is 0 Å². The maximum absolute atomic E-state index is 12.2. The quantitative estimate of drug-likeness (QED) is 0.287. The summed E-state index contributed by atoms with van der Waals surface area (Å²) in [6.45, 7) is 0. The number of nitrogens with one attached hydrogen (secondary N) is 3. The average molecular weight is 586 g/mol. The predicted octanol–water partition coefficient (Wildman–Crippen LogP) is 3.50. The van der Waals surface area contributed by atoms with E-state index in [-0.39, 0.29) is 11.0 Å². The zero-order valence-corrected chi connectivity index (χ0v) is 17.8. The van der Waals surface area contributed by atoms with Crippen LogP contribution in [0.3, 0.4) is 0 Å². The van der Waals surface area contributed by atoms with Gasteiger partial charge in [0.25, 0.3) is 11.8 Å². The molecule has 3 N–H and O–H groups in total. The molecule has 9 heteroatoms. The number of rotatable bonds is 2. The zero-order valence-electron chi connectivity index (χ0n) is 11.9. The highest BCUT2D eigenvalue weighted by Gasteiger charge is 2.12. The second-order valence-corrected chi connectivity index (χ2v) is 7.75. The molecule has 2 rings (SSSR count). The number of halogens is 3. The van der Waals surface area contributed by atoms with E-state index in [1.54, 1.807) is 30.3 Å². The van der Waals surface area contributed by atoms with Crippen LogP contribution in [-0.2, 0) is 0 Å². The Kier molecular flexibility index (Phi) is 7.19. The maximum atomic E-state index is 12.2. The van der Waals surface area contributed by atoms with Crippen molar-refractivity contribution in [1.82, 2.24) is 16.2 Å². The van der Waals surface area contributed by atoms with Crippen molar-refractivity contribution in [3.05, 3.63) is 65.8 Å². The fourth-order valence-electron chi connectivity index (χ4n) is 1.66. The van der Waals surface area contributed by atoms with E-state index in [0.29, 0.717) is 16.1 Å². The molecule has 0 atom stereocenters. The van der Waals surface area contributed by atoms with Crippen LogP contribution in [0, 0.1) is 7.14 Å². The standard InChI is InChI=1S/C15H10ClI2N3O2S/c16-9-3-1-8(2-4-9)13(22)20-21-15(24)19-14(23)11-7-10(17)5-6-12(11)18/h1-7H,(H,20,22)(H2,19,21,23,24). The van der Waals surface area contributed by atoms with Crippen molar-refractivity contribution in [3.8, 4) is 0 Å². The van der Waals surface area contributed by atoms with Crippen LogP contribution in [0.5, 0.6) is 0 Å². The summed E-state index contributed by atoms with van der Waals surface area (Å²) in [6.07, 6.45) is 0. The number of carbonyl (C=O) groups excluding carboxylic acids is 2. The number of amides is 2. The molecule has 24 heavy (non-hydrogen) atoms. The van der Waals surface area contributed by atoms with E-state index in [4.69, 9.17) is 23.8 Å². The van der Waals surface area contributed by atoms with Gasteiger partial charge in [0.05, 0.1) is 5.56 Å². The van der Waals surface area contributed by atoms with Crippen molar-refractivity contribution in [2.24, 2.45) is 0 Å². The molecule has 0 aliphatic rings. The molecule has 0 saturated carbocycles. The van der Waals surface area contributed by atoms with Crippen molar-refractivity contribution in [2.45, 2.75) is 0 Å². The Morgan fingerprint density at radius 2 is 1.62 bits per heavy atom. The third-order valence-electron chi connectivity index (χ3n) is 2.80. The molecule has 2 aromatic carbocycles. The van der Waals surface area contributed by atoms with E-state index in [2.05, 4.69) is 61.4 Å². The first kappa shape index (κ1) is 19.3. The van der Waals surface area contributed by atoms with Crippen LogP contribution in [0.2, 0.25) is 5.02 Å². The van der Waals surface area contributed by atoms with Crippen molar-refractivity contribution in [3.63, 3.8) is 0 Å². The topological polar surface area (TPSA) is 70.2 Å². The highest BCUT2D eigenvalue weighted by atomic mass is 127. The molecular weight excluding hydrogens is 576 g/mol. The first-order chi connectivity index (χ1) is 11.4. The molecule has 124 valence electrons. The summed E-state index contributed by atoms with van der Waals surface area (Å²) in [5.41, 5.74) is 5.82. The van der Waals surface area contributed by atoms with Gasteiger partial charge in [-0.1, -0.05) is 11.6 Å². The molecule has 0 radical (unpaired) electrons. The molecule has 0 aliphatic heterocycles. The summed E-state index contributed by atoms with van der Waals surface area (Å²) < 4.78 is 1.74. The summed E-state index contributed by atoms with van der Waals surface area (Å²) in [7, 11) is 0. The molecule has 5 nitrogen and oxygen atoms in total. The summed E-state index contributed by atoms with van der Waals surface area (Å²) >= 11 is 15.0. The fourth-order valence-corrected chi connectivity index (χ4v) is 3.00. The average Bonchev–Trinajstić information content (AvgIpc) is 2.55. The van der Waals surface area contributed by atoms with E-state index in [9.17, 15) is 9.59 Å². The van der Waals surface area contributed by atoms with Gasteiger partial charge >= 0.3 is 0 Å². The smallest absolute Gasteiger partial charge is 0.269 e. The number of thiocarbonyl (C=S) groups is 1. The van der Waals surface area contributed by atoms with Crippen molar-refractivity contribution in [2.75, 3.05) is 0 Å². The third kappa shape index (κ3) is 5.53. The summed E-state index contributed by atoms with van der Waals surface area (Å²) in [4.78, 5) is 24.1. The molecule has 0 unspecified atom stereocenters. The van der Waals surface area contributed by atoms with E-state index in [1.807, 2.05) is 12.1 Å². The number of benzene rings is 2. The Balaban J connectivity index is 1.91. The molecule has 0 fully saturated rings. The highest BCUT2D eigenvalue weighted by molar-refractivity contribution is 14.1. The molecule has 2 aromatic rings. The number of hydrogen-bond donors (Lipinski definition) is 3. The van der Waals surface area contributed by atoms with E-state index >= 15 is 0 Å². The summed E-state index contributed by atoms with van der Waals surface area (Å²) in [5, 5.41) is 3.05. The lowest BCUT2D eigenvalue weighted by atomic mass is 10.2. The van der Waals surface area contributed by atoms with E-state index < -0.39 is 5.91 Å². The number of carbonyl (C=O) groups is 2. The molecule has 0 saturated heterocycles. The zero-order chi connectivity index (χ0) is 17.7. The summed E-state index contributed by atoms with van der Waals surface area (Å²) in [6, 6.07) is 11.9. The first-order valence-electron chi connectivity index (χ1n) is 6.49. The Labute approximate surface area is 176 Å². The van der Waals surface area contributed by atoms with Crippen LogP contribution < -0.4 is 16.2 Å². The highest BCUT2D eigenvalue weighted by Crippen LogP contribution is 2.15. The second kappa shape index (κ2) is 8.92. The van der Waals surface area contributed by atoms with Gasteiger partial charge in [-0.25, -0.2) is 0 Å². The molecule has 0 aliphatic carbocycles. The van der Waals surface area contributed by atoms with Crippen molar-refractivity contribution < 1.29 is 9.59 Å².